The van der Waals surface area contributed by atoms with Gasteiger partial charge in [0.15, 0.2) is 0 Å². The number of rotatable bonds is 3. The third-order valence-electron chi connectivity index (χ3n) is 2.40. The highest BCUT2D eigenvalue weighted by Gasteiger charge is 1.99. The summed E-state index contributed by atoms with van der Waals surface area (Å²) in [7, 11) is 0. The average molecular weight is 227 g/mol. The van der Waals surface area contributed by atoms with E-state index < -0.39 is 0 Å². The molecule has 0 amide bonds. The standard InChI is InChI=1S/C14H13NO2/c1-11(15-16)12-7-9-14(10-8-12)17-13-5-3-2-4-6-13/h2-10,16H,1H3/b15-11-. The van der Waals surface area contributed by atoms with Gasteiger partial charge in [0.2, 0.25) is 0 Å². The number of ether oxygens (including phenoxy) is 1. The van der Waals surface area contributed by atoms with Gasteiger partial charge in [-0.1, -0.05) is 23.4 Å². The summed E-state index contributed by atoms with van der Waals surface area (Å²) >= 11 is 0. The van der Waals surface area contributed by atoms with Gasteiger partial charge in [-0.05, 0) is 48.9 Å². The molecule has 3 heteroatoms. The minimum Gasteiger partial charge on any atom is -0.457 e. The highest BCUT2D eigenvalue weighted by atomic mass is 16.5. The zero-order valence-corrected chi connectivity index (χ0v) is 9.50. The Morgan fingerprint density at radius 1 is 0.941 bits per heavy atom. The number of hydrogen-bond acceptors (Lipinski definition) is 3. The Bertz CT molecular complexity index is 504. The summed E-state index contributed by atoms with van der Waals surface area (Å²) < 4.78 is 5.64. The lowest BCUT2D eigenvalue weighted by Gasteiger charge is -2.06. The van der Waals surface area contributed by atoms with Crippen LogP contribution in [0.5, 0.6) is 11.5 Å². The van der Waals surface area contributed by atoms with Gasteiger partial charge in [0.1, 0.15) is 11.5 Å². The van der Waals surface area contributed by atoms with E-state index in [1.54, 1.807) is 6.92 Å². The fraction of sp³-hybridized carbons (Fsp3) is 0.0714. The number of hydrogen-bond donors (Lipinski definition) is 1. The van der Waals surface area contributed by atoms with Crippen molar-refractivity contribution in [3.63, 3.8) is 0 Å². The Morgan fingerprint density at radius 2 is 1.53 bits per heavy atom. The molecule has 0 aliphatic heterocycles. The normalized spacial score (nSPS) is 11.2. The van der Waals surface area contributed by atoms with Gasteiger partial charge in [-0.3, -0.25) is 0 Å². The Balaban J connectivity index is 2.14. The van der Waals surface area contributed by atoms with Crippen LogP contribution in [-0.2, 0) is 0 Å². The molecule has 0 aliphatic carbocycles. The van der Waals surface area contributed by atoms with Crippen molar-refractivity contribution >= 4 is 5.71 Å². The van der Waals surface area contributed by atoms with Crippen molar-refractivity contribution in [3.8, 4) is 11.5 Å². The van der Waals surface area contributed by atoms with Crippen LogP contribution in [0.4, 0.5) is 0 Å². The van der Waals surface area contributed by atoms with Crippen molar-refractivity contribution in [1.82, 2.24) is 0 Å². The summed E-state index contributed by atoms with van der Waals surface area (Å²) in [5.74, 6) is 1.55. The van der Waals surface area contributed by atoms with Crippen LogP contribution in [0.25, 0.3) is 0 Å². The molecular weight excluding hydrogens is 214 g/mol. The molecule has 0 saturated carbocycles. The largest absolute Gasteiger partial charge is 0.457 e. The second-order valence-corrected chi connectivity index (χ2v) is 3.62. The summed E-state index contributed by atoms with van der Waals surface area (Å²) in [5.41, 5.74) is 1.45. The molecule has 0 radical (unpaired) electrons. The van der Waals surface area contributed by atoms with Gasteiger partial charge in [0.25, 0.3) is 0 Å². The quantitative estimate of drug-likeness (QED) is 0.493. The Morgan fingerprint density at radius 3 is 2.12 bits per heavy atom. The van der Waals surface area contributed by atoms with Gasteiger partial charge in [-0.25, -0.2) is 0 Å². The SMILES string of the molecule is C/C(=N/O)c1ccc(Oc2ccccc2)cc1. The average Bonchev–Trinajstić information content (AvgIpc) is 2.40. The molecule has 0 heterocycles. The van der Waals surface area contributed by atoms with Gasteiger partial charge in [-0.15, -0.1) is 0 Å². The first kappa shape index (κ1) is 11.2. The van der Waals surface area contributed by atoms with Crippen LogP contribution < -0.4 is 4.74 Å². The lowest BCUT2D eigenvalue weighted by molar-refractivity contribution is 0.319. The van der Waals surface area contributed by atoms with Gasteiger partial charge in [-0.2, -0.15) is 0 Å². The van der Waals surface area contributed by atoms with Crippen LogP contribution >= 0.6 is 0 Å². The highest BCUT2D eigenvalue weighted by molar-refractivity contribution is 5.98. The smallest absolute Gasteiger partial charge is 0.127 e. The first-order valence-corrected chi connectivity index (χ1v) is 5.31. The summed E-state index contributed by atoms with van der Waals surface area (Å²) in [6, 6.07) is 17.0. The summed E-state index contributed by atoms with van der Waals surface area (Å²) in [4.78, 5) is 0. The molecule has 0 bridgehead atoms. The van der Waals surface area contributed by atoms with Crippen molar-refractivity contribution in [2.75, 3.05) is 0 Å². The van der Waals surface area contributed by atoms with Gasteiger partial charge < -0.3 is 9.94 Å². The molecule has 0 aliphatic rings. The third kappa shape index (κ3) is 2.84. The lowest BCUT2D eigenvalue weighted by Crippen LogP contribution is -1.93. The first-order valence-electron chi connectivity index (χ1n) is 5.31. The molecule has 0 atom stereocenters. The number of benzene rings is 2. The minimum atomic E-state index is 0.580. The van der Waals surface area contributed by atoms with E-state index in [9.17, 15) is 0 Å². The minimum absolute atomic E-state index is 0.580. The molecule has 2 rings (SSSR count). The van der Waals surface area contributed by atoms with Gasteiger partial charge in [0, 0.05) is 0 Å². The van der Waals surface area contributed by atoms with Crippen LogP contribution in [0, 0.1) is 0 Å². The topological polar surface area (TPSA) is 41.8 Å². The van der Waals surface area contributed by atoms with Crippen LogP contribution in [0.15, 0.2) is 59.8 Å². The third-order valence-corrected chi connectivity index (χ3v) is 2.40. The molecule has 2 aromatic rings. The predicted octanol–water partition coefficient (Wildman–Crippen LogP) is 3.68. The zero-order chi connectivity index (χ0) is 12.1. The Labute approximate surface area is 100.0 Å². The molecule has 0 fully saturated rings. The van der Waals surface area contributed by atoms with Crippen molar-refractivity contribution in [2.24, 2.45) is 5.16 Å². The van der Waals surface area contributed by atoms with Gasteiger partial charge >= 0.3 is 0 Å². The van der Waals surface area contributed by atoms with E-state index in [4.69, 9.17) is 9.94 Å². The zero-order valence-electron chi connectivity index (χ0n) is 9.50. The predicted molar refractivity (Wildman–Crippen MR) is 67.0 cm³/mol. The first-order chi connectivity index (χ1) is 8.29. The van der Waals surface area contributed by atoms with Gasteiger partial charge in [0.05, 0.1) is 5.71 Å². The fourth-order valence-corrected chi connectivity index (χ4v) is 1.45. The molecule has 1 N–H and O–H groups in total. The fourth-order valence-electron chi connectivity index (χ4n) is 1.45. The molecule has 0 unspecified atom stereocenters. The second-order valence-electron chi connectivity index (χ2n) is 3.62. The van der Waals surface area contributed by atoms with Crippen molar-refractivity contribution in [2.45, 2.75) is 6.92 Å². The lowest BCUT2D eigenvalue weighted by atomic mass is 10.1. The van der Waals surface area contributed by atoms with E-state index in [-0.39, 0.29) is 0 Å². The molecule has 2 aromatic carbocycles. The van der Waals surface area contributed by atoms with E-state index in [1.807, 2.05) is 54.6 Å². The van der Waals surface area contributed by atoms with Crippen molar-refractivity contribution in [1.29, 1.82) is 0 Å². The summed E-state index contributed by atoms with van der Waals surface area (Å²) in [5, 5.41) is 11.8. The van der Waals surface area contributed by atoms with Crippen LogP contribution in [0.1, 0.15) is 12.5 Å². The molecular formula is C14H13NO2. The maximum Gasteiger partial charge on any atom is 0.127 e. The van der Waals surface area contributed by atoms with E-state index >= 15 is 0 Å². The Hall–Kier alpha value is -2.29. The summed E-state index contributed by atoms with van der Waals surface area (Å²) in [6.07, 6.45) is 0. The van der Waals surface area contributed by atoms with E-state index in [1.165, 1.54) is 0 Å². The van der Waals surface area contributed by atoms with Crippen molar-refractivity contribution in [3.05, 3.63) is 60.2 Å². The number of oxime groups is 1. The summed E-state index contributed by atoms with van der Waals surface area (Å²) in [6.45, 7) is 1.74. The van der Waals surface area contributed by atoms with Crippen molar-refractivity contribution < 1.29 is 9.94 Å². The Kier molecular flexibility index (Phi) is 3.40. The number of para-hydroxylation sites is 1. The highest BCUT2D eigenvalue weighted by Crippen LogP contribution is 2.21. The molecule has 0 spiro atoms. The molecule has 3 nitrogen and oxygen atoms in total. The molecule has 0 saturated heterocycles. The van der Waals surface area contributed by atoms with Crippen LogP contribution in [0.2, 0.25) is 0 Å². The van der Waals surface area contributed by atoms with Crippen LogP contribution in [0.3, 0.4) is 0 Å². The van der Waals surface area contributed by atoms with E-state index in [0.29, 0.717) is 5.71 Å². The molecule has 17 heavy (non-hydrogen) atoms. The number of nitrogens with zero attached hydrogens (tertiary/aromatic N) is 1. The molecule has 0 aromatic heterocycles. The van der Waals surface area contributed by atoms with Crippen LogP contribution in [-0.4, -0.2) is 10.9 Å². The maximum atomic E-state index is 8.65. The van der Waals surface area contributed by atoms with E-state index in [2.05, 4.69) is 5.16 Å². The maximum absolute atomic E-state index is 8.65. The van der Waals surface area contributed by atoms with E-state index in [0.717, 1.165) is 17.1 Å². The second kappa shape index (κ2) is 5.16. The molecule has 86 valence electrons. The monoisotopic (exact) mass is 227 g/mol.